The van der Waals surface area contributed by atoms with Crippen LogP contribution < -0.4 is 10.6 Å². The molecule has 0 aliphatic heterocycles. The van der Waals surface area contributed by atoms with Crippen LogP contribution in [-0.4, -0.2) is 26.2 Å². The lowest BCUT2D eigenvalue weighted by Gasteiger charge is -2.31. The van der Waals surface area contributed by atoms with Crippen LogP contribution in [0.2, 0.25) is 0 Å². The average Bonchev–Trinajstić information content (AvgIpc) is 2.20. The molecule has 2 atom stereocenters. The molecule has 1 aliphatic rings. The number of hydrogen-bond donors (Lipinski definition) is 2. The topological polar surface area (TPSA) is 24.1 Å². The summed E-state index contributed by atoms with van der Waals surface area (Å²) in [6.45, 7) is 4.37. The Hall–Kier alpha value is -0.860. The molecule has 0 heterocycles. The maximum atomic E-state index is 3.56. The Morgan fingerprint density at radius 1 is 1.40 bits per heavy atom. The zero-order chi connectivity index (χ0) is 10.7. The first kappa shape index (κ1) is 10.7. The predicted octanol–water partition coefficient (Wildman–Crippen LogP) is 1.52. The van der Waals surface area contributed by atoms with E-state index in [1.165, 1.54) is 12.0 Å². The lowest BCUT2D eigenvalue weighted by Crippen LogP contribution is -2.39. The first-order chi connectivity index (χ1) is 7.31. The maximum Gasteiger partial charge on any atom is 0.0164 e. The van der Waals surface area contributed by atoms with Gasteiger partial charge < -0.3 is 10.6 Å². The molecular formula is C13H20N2. The first-order valence-corrected chi connectivity index (χ1v) is 5.77. The minimum atomic E-state index is 0.558. The molecule has 0 fully saturated rings. The molecule has 1 aliphatic carbocycles. The molecule has 2 rings (SSSR count). The smallest absolute Gasteiger partial charge is 0.0164 e. The third kappa shape index (κ3) is 2.39. The van der Waals surface area contributed by atoms with Crippen molar-refractivity contribution in [2.45, 2.75) is 25.3 Å². The second-order valence-electron chi connectivity index (χ2n) is 4.47. The molecule has 2 unspecified atom stereocenters. The standard InChI is InChI=1S/C13H20N2/c1-10(8-14-2)15-9-12-7-11-5-3-4-6-13(11)12/h3-6,10,12,14-15H,7-9H2,1-2H3. The Morgan fingerprint density at radius 2 is 2.20 bits per heavy atom. The van der Waals surface area contributed by atoms with Crippen LogP contribution in [0.25, 0.3) is 0 Å². The van der Waals surface area contributed by atoms with E-state index in [-0.39, 0.29) is 0 Å². The normalized spacial score (nSPS) is 20.5. The van der Waals surface area contributed by atoms with Gasteiger partial charge in [0.25, 0.3) is 0 Å². The summed E-state index contributed by atoms with van der Waals surface area (Å²) in [5.74, 6) is 0.737. The summed E-state index contributed by atoms with van der Waals surface area (Å²) < 4.78 is 0. The van der Waals surface area contributed by atoms with Gasteiger partial charge in [-0.3, -0.25) is 0 Å². The quantitative estimate of drug-likeness (QED) is 0.760. The van der Waals surface area contributed by atoms with Crippen LogP contribution in [0.15, 0.2) is 24.3 Å². The van der Waals surface area contributed by atoms with Gasteiger partial charge in [0.15, 0.2) is 0 Å². The summed E-state index contributed by atoms with van der Waals surface area (Å²) in [7, 11) is 2.00. The maximum absolute atomic E-state index is 3.56. The summed E-state index contributed by atoms with van der Waals surface area (Å²) in [5, 5.41) is 6.75. The van der Waals surface area contributed by atoms with E-state index in [4.69, 9.17) is 0 Å². The second kappa shape index (κ2) is 4.77. The van der Waals surface area contributed by atoms with Crippen molar-refractivity contribution in [3.63, 3.8) is 0 Å². The molecule has 0 bridgehead atoms. The number of nitrogens with one attached hydrogen (secondary N) is 2. The SMILES string of the molecule is CNCC(C)NCC1Cc2ccccc21. The van der Waals surface area contributed by atoms with Gasteiger partial charge in [0.2, 0.25) is 0 Å². The second-order valence-corrected chi connectivity index (χ2v) is 4.47. The van der Waals surface area contributed by atoms with Crippen LogP contribution in [0.3, 0.4) is 0 Å². The third-order valence-corrected chi connectivity index (χ3v) is 3.18. The van der Waals surface area contributed by atoms with Crippen LogP contribution in [0.1, 0.15) is 24.0 Å². The van der Waals surface area contributed by atoms with Gasteiger partial charge in [-0.2, -0.15) is 0 Å². The Balaban J connectivity index is 1.80. The lowest BCUT2D eigenvalue weighted by atomic mass is 9.77. The van der Waals surface area contributed by atoms with Crippen molar-refractivity contribution in [1.82, 2.24) is 10.6 Å². The van der Waals surface area contributed by atoms with Gasteiger partial charge in [-0.15, -0.1) is 0 Å². The highest BCUT2D eigenvalue weighted by Gasteiger charge is 2.24. The summed E-state index contributed by atoms with van der Waals surface area (Å²) in [4.78, 5) is 0. The number of benzene rings is 1. The van der Waals surface area contributed by atoms with E-state index in [0.717, 1.165) is 19.0 Å². The molecule has 1 aromatic carbocycles. The van der Waals surface area contributed by atoms with E-state index in [1.54, 1.807) is 5.56 Å². The number of rotatable bonds is 5. The molecule has 0 amide bonds. The molecule has 0 aromatic heterocycles. The average molecular weight is 204 g/mol. The molecule has 2 heteroatoms. The summed E-state index contributed by atoms with van der Waals surface area (Å²) in [5.41, 5.74) is 3.08. The van der Waals surface area contributed by atoms with Crippen molar-refractivity contribution in [1.29, 1.82) is 0 Å². The monoisotopic (exact) mass is 204 g/mol. The summed E-state index contributed by atoms with van der Waals surface area (Å²) in [6, 6.07) is 9.33. The molecule has 0 saturated carbocycles. The van der Waals surface area contributed by atoms with Crippen molar-refractivity contribution in [3.05, 3.63) is 35.4 Å². The van der Waals surface area contributed by atoms with Crippen molar-refractivity contribution in [3.8, 4) is 0 Å². The molecule has 2 nitrogen and oxygen atoms in total. The van der Waals surface area contributed by atoms with Crippen LogP contribution >= 0.6 is 0 Å². The minimum Gasteiger partial charge on any atom is -0.318 e. The van der Waals surface area contributed by atoms with Crippen molar-refractivity contribution < 1.29 is 0 Å². The molecule has 0 radical (unpaired) electrons. The molecular weight excluding hydrogens is 184 g/mol. The van der Waals surface area contributed by atoms with Crippen LogP contribution in [0, 0.1) is 0 Å². The highest BCUT2D eigenvalue weighted by molar-refractivity contribution is 5.40. The fraction of sp³-hybridized carbons (Fsp3) is 0.538. The Bertz CT molecular complexity index is 322. The van der Waals surface area contributed by atoms with E-state index in [0.29, 0.717) is 6.04 Å². The van der Waals surface area contributed by atoms with Crippen molar-refractivity contribution in [2.24, 2.45) is 0 Å². The van der Waals surface area contributed by atoms with Gasteiger partial charge in [-0.1, -0.05) is 24.3 Å². The largest absolute Gasteiger partial charge is 0.318 e. The van der Waals surface area contributed by atoms with E-state index >= 15 is 0 Å². The Labute approximate surface area is 92.1 Å². The third-order valence-electron chi connectivity index (χ3n) is 3.18. The fourth-order valence-corrected chi connectivity index (χ4v) is 2.27. The zero-order valence-electron chi connectivity index (χ0n) is 9.59. The van der Waals surface area contributed by atoms with Gasteiger partial charge in [-0.05, 0) is 31.5 Å². The molecule has 0 spiro atoms. The molecule has 2 N–H and O–H groups in total. The first-order valence-electron chi connectivity index (χ1n) is 5.77. The van der Waals surface area contributed by atoms with Crippen molar-refractivity contribution in [2.75, 3.05) is 20.1 Å². The number of likely N-dealkylation sites (N-methyl/N-ethyl adjacent to an activating group) is 1. The van der Waals surface area contributed by atoms with E-state index in [9.17, 15) is 0 Å². The van der Waals surface area contributed by atoms with Crippen LogP contribution in [-0.2, 0) is 6.42 Å². The van der Waals surface area contributed by atoms with E-state index in [1.807, 2.05) is 7.05 Å². The summed E-state index contributed by atoms with van der Waals surface area (Å²) >= 11 is 0. The highest BCUT2D eigenvalue weighted by Crippen LogP contribution is 2.33. The van der Waals surface area contributed by atoms with Gasteiger partial charge in [0, 0.05) is 25.0 Å². The highest BCUT2D eigenvalue weighted by atomic mass is 15.0. The lowest BCUT2D eigenvalue weighted by molar-refractivity contribution is 0.467. The molecule has 15 heavy (non-hydrogen) atoms. The molecule has 1 aromatic rings. The number of hydrogen-bond acceptors (Lipinski definition) is 2. The van der Waals surface area contributed by atoms with Crippen molar-refractivity contribution >= 4 is 0 Å². The molecule has 0 saturated heterocycles. The fourth-order valence-electron chi connectivity index (χ4n) is 2.27. The van der Waals surface area contributed by atoms with E-state index < -0.39 is 0 Å². The predicted molar refractivity (Wildman–Crippen MR) is 64.3 cm³/mol. The van der Waals surface area contributed by atoms with Gasteiger partial charge in [-0.25, -0.2) is 0 Å². The van der Waals surface area contributed by atoms with Gasteiger partial charge in [0.1, 0.15) is 0 Å². The van der Waals surface area contributed by atoms with E-state index in [2.05, 4.69) is 41.8 Å². The van der Waals surface area contributed by atoms with Crippen LogP contribution in [0.5, 0.6) is 0 Å². The minimum absolute atomic E-state index is 0.558. The zero-order valence-corrected chi connectivity index (χ0v) is 9.59. The summed E-state index contributed by atoms with van der Waals surface area (Å²) in [6.07, 6.45) is 1.25. The van der Waals surface area contributed by atoms with Crippen LogP contribution in [0.4, 0.5) is 0 Å². The number of fused-ring (bicyclic) bond motifs is 1. The van der Waals surface area contributed by atoms with Gasteiger partial charge >= 0.3 is 0 Å². The van der Waals surface area contributed by atoms with Gasteiger partial charge in [0.05, 0.1) is 0 Å². The molecule has 82 valence electrons. The Morgan fingerprint density at radius 3 is 2.93 bits per heavy atom. The Kier molecular flexibility index (Phi) is 3.39.